The molecular weight excluding hydrogens is 360 g/mol. The van der Waals surface area contributed by atoms with Crippen LogP contribution in [0.4, 0.5) is 0 Å². The van der Waals surface area contributed by atoms with E-state index in [1.54, 1.807) is 12.1 Å². The van der Waals surface area contributed by atoms with Crippen molar-refractivity contribution in [2.45, 2.75) is 31.3 Å². The molecule has 1 rings (SSSR count). The van der Waals surface area contributed by atoms with Crippen LogP contribution in [0.25, 0.3) is 0 Å². The van der Waals surface area contributed by atoms with E-state index in [9.17, 15) is 18.0 Å². The van der Waals surface area contributed by atoms with Crippen LogP contribution in [0.15, 0.2) is 41.8 Å². The average Bonchev–Trinajstić information content (AvgIpc) is 2.60. The molecule has 2 N–H and O–H groups in total. The Morgan fingerprint density at radius 3 is 2.50 bits per heavy atom. The maximum atomic E-state index is 12.2. The van der Waals surface area contributed by atoms with Crippen molar-refractivity contribution < 1.29 is 27.5 Å². The zero-order valence-electron chi connectivity index (χ0n) is 14.9. The summed E-state index contributed by atoms with van der Waals surface area (Å²) in [5.74, 6) is -0.562. The second-order valence-corrected chi connectivity index (χ2v) is 6.99. The predicted molar refractivity (Wildman–Crippen MR) is 96.2 cm³/mol. The van der Waals surface area contributed by atoms with Crippen LogP contribution in [-0.2, 0) is 24.3 Å². The first-order valence-electron chi connectivity index (χ1n) is 8.10. The molecule has 0 heterocycles. The van der Waals surface area contributed by atoms with Crippen LogP contribution >= 0.6 is 0 Å². The smallest absolute Gasteiger partial charge is 0.307 e. The summed E-state index contributed by atoms with van der Waals surface area (Å²) in [5.41, 5.74) is 0. The highest BCUT2D eigenvalue weighted by Crippen LogP contribution is 2.15. The average molecular weight is 384 g/mol. The molecule has 1 aromatic rings. The van der Waals surface area contributed by atoms with Gasteiger partial charge >= 0.3 is 5.97 Å². The number of carbonyl (C=O) groups excluding carboxylic acids is 2. The highest BCUT2D eigenvalue weighted by molar-refractivity contribution is 7.89. The van der Waals surface area contributed by atoms with Gasteiger partial charge in [0.25, 0.3) is 5.91 Å². The molecular formula is C17H24N2O6S. The molecule has 0 fully saturated rings. The lowest BCUT2D eigenvalue weighted by atomic mass is 10.3. The summed E-state index contributed by atoms with van der Waals surface area (Å²) in [4.78, 5) is 23.3. The minimum absolute atomic E-state index is 0.0616. The number of ether oxygens (including phenoxy) is 2. The summed E-state index contributed by atoms with van der Waals surface area (Å²) in [6.45, 7) is 7.33. The molecule has 0 aliphatic rings. The van der Waals surface area contributed by atoms with Crippen molar-refractivity contribution in [3.63, 3.8) is 0 Å². The zero-order chi connectivity index (χ0) is 19.6. The lowest BCUT2D eigenvalue weighted by Crippen LogP contribution is -2.36. The van der Waals surface area contributed by atoms with Gasteiger partial charge in [-0.2, -0.15) is 0 Å². The van der Waals surface area contributed by atoms with Crippen LogP contribution in [0.2, 0.25) is 0 Å². The van der Waals surface area contributed by atoms with Crippen molar-refractivity contribution in [3.05, 3.63) is 36.9 Å². The van der Waals surface area contributed by atoms with Crippen LogP contribution in [0.1, 0.15) is 20.3 Å². The summed E-state index contributed by atoms with van der Waals surface area (Å²) in [6, 6.07) is 5.93. The Kier molecular flexibility index (Phi) is 8.80. The van der Waals surface area contributed by atoms with Gasteiger partial charge in [0.1, 0.15) is 5.75 Å². The lowest BCUT2D eigenvalue weighted by Gasteiger charge is -2.13. The quantitative estimate of drug-likeness (QED) is 0.435. The molecule has 8 nitrogen and oxygen atoms in total. The first-order valence-corrected chi connectivity index (χ1v) is 9.59. The van der Waals surface area contributed by atoms with Gasteiger partial charge in [0.05, 0.1) is 17.9 Å². The third kappa shape index (κ3) is 7.24. The van der Waals surface area contributed by atoms with E-state index in [2.05, 4.69) is 16.6 Å². The van der Waals surface area contributed by atoms with Gasteiger partial charge in [0.15, 0.2) is 6.10 Å². The van der Waals surface area contributed by atoms with Crippen LogP contribution < -0.4 is 14.8 Å². The highest BCUT2D eigenvalue weighted by atomic mass is 32.2. The Hall–Kier alpha value is -2.39. The summed E-state index contributed by atoms with van der Waals surface area (Å²) in [6.07, 6.45) is 0.336. The molecule has 0 aliphatic heterocycles. The van der Waals surface area contributed by atoms with Crippen molar-refractivity contribution >= 4 is 21.9 Å². The van der Waals surface area contributed by atoms with Crippen molar-refractivity contribution in [2.75, 3.05) is 19.7 Å². The van der Waals surface area contributed by atoms with Gasteiger partial charge in [0.2, 0.25) is 10.0 Å². The van der Waals surface area contributed by atoms with Gasteiger partial charge in [-0.3, -0.25) is 9.59 Å². The molecule has 1 atom stereocenters. The number of amides is 1. The Labute approximate surface area is 153 Å². The van der Waals surface area contributed by atoms with E-state index < -0.39 is 28.0 Å². The Morgan fingerprint density at radius 2 is 1.92 bits per heavy atom. The molecule has 0 aliphatic carbocycles. The SMILES string of the molecule is C=CCNC(=O)C(C)OC(=O)CCNS(=O)(=O)c1ccc(OCC)cc1. The normalized spacial score (nSPS) is 12.1. The minimum Gasteiger partial charge on any atom is -0.494 e. The number of rotatable bonds is 11. The van der Waals surface area contributed by atoms with Crippen molar-refractivity contribution in [2.24, 2.45) is 0 Å². The standard InChI is InChI=1S/C17H24N2O6S/c1-4-11-18-17(21)13(3)25-16(20)10-12-19-26(22,23)15-8-6-14(7-9-15)24-5-2/h4,6-9,13,19H,1,5,10-12H2,2-3H3,(H,18,21). The molecule has 0 spiro atoms. The Morgan fingerprint density at radius 1 is 1.27 bits per heavy atom. The Bertz CT molecular complexity index is 715. The third-order valence-electron chi connectivity index (χ3n) is 3.16. The van der Waals surface area contributed by atoms with Crippen molar-refractivity contribution in [1.82, 2.24) is 10.0 Å². The Balaban J connectivity index is 2.46. The fraction of sp³-hybridized carbons (Fsp3) is 0.412. The summed E-state index contributed by atoms with van der Waals surface area (Å²) < 4.78 is 36.8. The molecule has 0 radical (unpaired) electrons. The molecule has 0 saturated heterocycles. The highest BCUT2D eigenvalue weighted by Gasteiger charge is 2.18. The number of hydrogen-bond acceptors (Lipinski definition) is 6. The van der Waals surface area contributed by atoms with E-state index in [0.717, 1.165) is 0 Å². The number of sulfonamides is 1. The maximum absolute atomic E-state index is 12.2. The van der Waals surface area contributed by atoms with Crippen LogP contribution in [0.5, 0.6) is 5.75 Å². The molecule has 0 aromatic heterocycles. The van der Waals surface area contributed by atoms with E-state index in [-0.39, 0.29) is 24.4 Å². The predicted octanol–water partition coefficient (Wildman–Crippen LogP) is 0.988. The van der Waals surface area contributed by atoms with Gasteiger partial charge < -0.3 is 14.8 Å². The largest absolute Gasteiger partial charge is 0.494 e. The minimum atomic E-state index is -3.75. The molecule has 9 heteroatoms. The number of nitrogens with one attached hydrogen (secondary N) is 2. The van der Waals surface area contributed by atoms with E-state index in [1.807, 2.05) is 6.92 Å². The van der Waals surface area contributed by atoms with Crippen molar-refractivity contribution in [1.29, 1.82) is 0 Å². The second-order valence-electron chi connectivity index (χ2n) is 5.22. The van der Waals surface area contributed by atoms with E-state index in [4.69, 9.17) is 9.47 Å². The lowest BCUT2D eigenvalue weighted by molar-refractivity contribution is -0.154. The van der Waals surface area contributed by atoms with Gasteiger partial charge in [-0.1, -0.05) is 6.08 Å². The number of esters is 1. The molecule has 0 saturated carbocycles. The zero-order valence-corrected chi connectivity index (χ0v) is 15.7. The monoisotopic (exact) mass is 384 g/mol. The number of hydrogen-bond donors (Lipinski definition) is 2. The van der Waals surface area contributed by atoms with Crippen LogP contribution in [0.3, 0.4) is 0 Å². The summed E-state index contributed by atoms with van der Waals surface area (Å²) >= 11 is 0. The molecule has 144 valence electrons. The van der Waals surface area contributed by atoms with E-state index in [1.165, 1.54) is 25.1 Å². The van der Waals surface area contributed by atoms with Gasteiger partial charge in [-0.15, -0.1) is 6.58 Å². The third-order valence-corrected chi connectivity index (χ3v) is 4.64. The van der Waals surface area contributed by atoms with Crippen LogP contribution in [-0.4, -0.2) is 46.1 Å². The van der Waals surface area contributed by atoms with Crippen LogP contribution in [0, 0.1) is 0 Å². The molecule has 1 aromatic carbocycles. The van der Waals surface area contributed by atoms with Gasteiger partial charge in [-0.05, 0) is 38.1 Å². The first kappa shape index (κ1) is 21.7. The number of carbonyl (C=O) groups is 2. The van der Waals surface area contributed by atoms with E-state index in [0.29, 0.717) is 12.4 Å². The molecule has 26 heavy (non-hydrogen) atoms. The maximum Gasteiger partial charge on any atom is 0.307 e. The fourth-order valence-electron chi connectivity index (χ4n) is 1.88. The van der Waals surface area contributed by atoms with Crippen molar-refractivity contribution in [3.8, 4) is 5.75 Å². The molecule has 1 unspecified atom stereocenters. The number of benzene rings is 1. The summed E-state index contributed by atoms with van der Waals surface area (Å²) in [5, 5.41) is 2.50. The second kappa shape index (κ2) is 10.6. The van der Waals surface area contributed by atoms with Gasteiger partial charge in [0, 0.05) is 13.1 Å². The first-order chi connectivity index (χ1) is 12.3. The fourth-order valence-corrected chi connectivity index (χ4v) is 2.91. The topological polar surface area (TPSA) is 111 Å². The molecule has 1 amide bonds. The van der Waals surface area contributed by atoms with Gasteiger partial charge in [-0.25, -0.2) is 13.1 Å². The molecule has 0 bridgehead atoms. The van der Waals surface area contributed by atoms with E-state index >= 15 is 0 Å². The summed E-state index contributed by atoms with van der Waals surface area (Å²) in [7, 11) is -3.75.